The highest BCUT2D eigenvalue weighted by Gasteiger charge is 1.98. The van der Waals surface area contributed by atoms with E-state index in [2.05, 4.69) is 0 Å². The first-order chi connectivity index (χ1) is 6.27. The van der Waals surface area contributed by atoms with Gasteiger partial charge in [0.15, 0.2) is 0 Å². The van der Waals surface area contributed by atoms with Crippen LogP contribution in [0.4, 0.5) is 4.39 Å². The fourth-order valence-corrected chi connectivity index (χ4v) is 0.837. The molecular formula is C10H5FN2. The van der Waals surface area contributed by atoms with E-state index in [9.17, 15) is 4.39 Å². The molecule has 0 N–H and O–H groups in total. The van der Waals surface area contributed by atoms with Gasteiger partial charge in [-0.05, 0) is 12.1 Å². The molecule has 1 aromatic rings. The number of halogens is 1. The average molecular weight is 172 g/mol. The van der Waals surface area contributed by atoms with Gasteiger partial charge in [-0.1, -0.05) is 18.2 Å². The second-order valence-electron chi connectivity index (χ2n) is 2.30. The molecule has 0 heterocycles. The van der Waals surface area contributed by atoms with Gasteiger partial charge < -0.3 is 0 Å². The topological polar surface area (TPSA) is 47.6 Å². The standard InChI is InChI=1S/C10H5FN2/c11-10-4-2-1-3-9(10)5-8(6-12)7-13/h1-5H. The number of hydrogen-bond donors (Lipinski definition) is 0. The largest absolute Gasteiger partial charge is 0.206 e. The van der Waals surface area contributed by atoms with Gasteiger partial charge in [0.2, 0.25) is 0 Å². The minimum Gasteiger partial charge on any atom is -0.206 e. The van der Waals surface area contributed by atoms with Crippen molar-refractivity contribution in [1.82, 2.24) is 0 Å². The van der Waals surface area contributed by atoms with Crippen molar-refractivity contribution in [3.63, 3.8) is 0 Å². The Kier molecular flexibility index (Phi) is 2.78. The zero-order valence-corrected chi connectivity index (χ0v) is 6.66. The Morgan fingerprint density at radius 1 is 1.23 bits per heavy atom. The number of allylic oxidation sites excluding steroid dienone is 1. The van der Waals surface area contributed by atoms with Gasteiger partial charge >= 0.3 is 0 Å². The van der Waals surface area contributed by atoms with Crippen molar-refractivity contribution in [3.05, 3.63) is 41.2 Å². The van der Waals surface area contributed by atoms with Gasteiger partial charge in [0.05, 0.1) is 0 Å². The molecule has 2 nitrogen and oxygen atoms in total. The second-order valence-corrected chi connectivity index (χ2v) is 2.30. The summed E-state index contributed by atoms with van der Waals surface area (Å²) < 4.78 is 13.0. The molecule has 0 saturated heterocycles. The van der Waals surface area contributed by atoms with E-state index in [4.69, 9.17) is 10.5 Å². The van der Waals surface area contributed by atoms with Crippen LogP contribution in [0.2, 0.25) is 0 Å². The lowest BCUT2D eigenvalue weighted by atomic mass is 10.1. The first-order valence-corrected chi connectivity index (χ1v) is 3.54. The SMILES string of the molecule is N#CC(C#N)=Cc1ccccc1F. The zero-order valence-electron chi connectivity index (χ0n) is 6.66. The van der Waals surface area contributed by atoms with E-state index in [1.54, 1.807) is 24.3 Å². The quantitative estimate of drug-likeness (QED) is 0.610. The van der Waals surface area contributed by atoms with E-state index < -0.39 is 5.82 Å². The normalized spacial score (nSPS) is 8.23. The highest BCUT2D eigenvalue weighted by atomic mass is 19.1. The molecule has 0 aromatic heterocycles. The third-order valence-corrected chi connectivity index (χ3v) is 1.45. The van der Waals surface area contributed by atoms with E-state index in [0.717, 1.165) is 0 Å². The molecule has 0 saturated carbocycles. The van der Waals surface area contributed by atoms with Crippen LogP contribution >= 0.6 is 0 Å². The number of hydrogen-bond acceptors (Lipinski definition) is 2. The van der Waals surface area contributed by atoms with Gasteiger partial charge in [0.25, 0.3) is 0 Å². The van der Waals surface area contributed by atoms with Crippen molar-refractivity contribution in [2.45, 2.75) is 0 Å². The maximum Gasteiger partial charge on any atom is 0.130 e. The van der Waals surface area contributed by atoms with Crippen LogP contribution in [0, 0.1) is 28.5 Å². The summed E-state index contributed by atoms with van der Waals surface area (Å²) in [6.07, 6.45) is 1.22. The van der Waals surface area contributed by atoms with Crippen molar-refractivity contribution in [2.75, 3.05) is 0 Å². The first-order valence-electron chi connectivity index (χ1n) is 3.54. The molecule has 0 radical (unpaired) electrons. The van der Waals surface area contributed by atoms with Crippen molar-refractivity contribution in [3.8, 4) is 12.1 Å². The molecule has 0 fully saturated rings. The summed E-state index contributed by atoms with van der Waals surface area (Å²) >= 11 is 0. The first kappa shape index (κ1) is 8.96. The van der Waals surface area contributed by atoms with Crippen LogP contribution in [0.3, 0.4) is 0 Å². The number of benzene rings is 1. The summed E-state index contributed by atoms with van der Waals surface area (Å²) in [7, 11) is 0. The van der Waals surface area contributed by atoms with E-state index in [1.165, 1.54) is 18.2 Å². The Bertz CT molecular complexity index is 405. The van der Waals surface area contributed by atoms with Crippen molar-refractivity contribution >= 4 is 6.08 Å². The molecule has 0 amide bonds. The maximum absolute atomic E-state index is 13.0. The number of nitrogens with zero attached hydrogens (tertiary/aromatic N) is 2. The van der Waals surface area contributed by atoms with Crippen molar-refractivity contribution < 1.29 is 4.39 Å². The summed E-state index contributed by atoms with van der Waals surface area (Å²) in [6.45, 7) is 0. The fraction of sp³-hybridized carbons (Fsp3) is 0. The molecule has 0 aliphatic rings. The second kappa shape index (κ2) is 4.04. The van der Waals surface area contributed by atoms with Crippen LogP contribution in [0.5, 0.6) is 0 Å². The van der Waals surface area contributed by atoms with Crippen LogP contribution in [-0.4, -0.2) is 0 Å². The predicted octanol–water partition coefficient (Wildman–Crippen LogP) is 2.26. The number of nitriles is 2. The highest BCUT2D eigenvalue weighted by molar-refractivity contribution is 5.62. The van der Waals surface area contributed by atoms with E-state index in [-0.39, 0.29) is 11.1 Å². The summed E-state index contributed by atoms with van der Waals surface area (Å²) in [4.78, 5) is 0. The minimum absolute atomic E-state index is 0.106. The Morgan fingerprint density at radius 2 is 1.85 bits per heavy atom. The monoisotopic (exact) mass is 172 g/mol. The third-order valence-electron chi connectivity index (χ3n) is 1.45. The lowest BCUT2D eigenvalue weighted by Crippen LogP contribution is -1.81. The fourth-order valence-electron chi connectivity index (χ4n) is 0.837. The Labute approximate surface area is 75.2 Å². The van der Waals surface area contributed by atoms with Crippen molar-refractivity contribution in [1.29, 1.82) is 10.5 Å². The smallest absolute Gasteiger partial charge is 0.130 e. The summed E-state index contributed by atoms with van der Waals surface area (Å²) in [5, 5.41) is 16.8. The summed E-state index contributed by atoms with van der Waals surface area (Å²) in [5.74, 6) is -0.439. The summed E-state index contributed by atoms with van der Waals surface area (Å²) in [5.41, 5.74) is 0.144. The molecule has 0 atom stereocenters. The van der Waals surface area contributed by atoms with Crippen LogP contribution in [-0.2, 0) is 0 Å². The Hall–Kier alpha value is -2.13. The van der Waals surface area contributed by atoms with Crippen LogP contribution in [0.1, 0.15) is 5.56 Å². The van der Waals surface area contributed by atoms with Crippen LogP contribution in [0.15, 0.2) is 29.8 Å². The molecule has 1 aromatic carbocycles. The van der Waals surface area contributed by atoms with Gasteiger partial charge in [0, 0.05) is 5.56 Å². The van der Waals surface area contributed by atoms with E-state index in [0.29, 0.717) is 0 Å². The summed E-state index contributed by atoms with van der Waals surface area (Å²) in [6, 6.07) is 9.29. The molecule has 1 rings (SSSR count). The van der Waals surface area contributed by atoms with E-state index >= 15 is 0 Å². The lowest BCUT2D eigenvalue weighted by molar-refractivity contribution is 0.625. The number of rotatable bonds is 1. The van der Waals surface area contributed by atoms with Gasteiger partial charge in [-0.25, -0.2) is 4.39 Å². The average Bonchev–Trinajstić information content (AvgIpc) is 2.17. The molecule has 0 spiro atoms. The molecule has 62 valence electrons. The molecule has 13 heavy (non-hydrogen) atoms. The lowest BCUT2D eigenvalue weighted by Gasteiger charge is -1.93. The van der Waals surface area contributed by atoms with Gasteiger partial charge in [0.1, 0.15) is 23.5 Å². The Balaban J connectivity index is 3.14. The van der Waals surface area contributed by atoms with Crippen LogP contribution < -0.4 is 0 Å². The minimum atomic E-state index is -0.439. The Morgan fingerprint density at radius 3 is 2.38 bits per heavy atom. The van der Waals surface area contributed by atoms with Gasteiger partial charge in [-0.15, -0.1) is 0 Å². The van der Waals surface area contributed by atoms with Gasteiger partial charge in [-0.3, -0.25) is 0 Å². The molecule has 0 unspecified atom stereocenters. The molecule has 0 bridgehead atoms. The zero-order chi connectivity index (χ0) is 9.68. The molecule has 3 heteroatoms. The van der Waals surface area contributed by atoms with Crippen LogP contribution in [0.25, 0.3) is 6.08 Å². The molecular weight excluding hydrogens is 167 g/mol. The predicted molar refractivity (Wildman–Crippen MR) is 45.6 cm³/mol. The van der Waals surface area contributed by atoms with Gasteiger partial charge in [-0.2, -0.15) is 10.5 Å². The molecule has 0 aliphatic carbocycles. The van der Waals surface area contributed by atoms with E-state index in [1.807, 2.05) is 0 Å². The third kappa shape index (κ3) is 2.15. The van der Waals surface area contributed by atoms with Crippen molar-refractivity contribution in [2.24, 2.45) is 0 Å². The maximum atomic E-state index is 13.0. The highest BCUT2D eigenvalue weighted by Crippen LogP contribution is 2.10. The molecule has 0 aliphatic heterocycles.